The molecule has 3 N–H and O–H groups in total. The van der Waals surface area contributed by atoms with Gasteiger partial charge in [0.25, 0.3) is 0 Å². The van der Waals surface area contributed by atoms with Gasteiger partial charge in [-0.1, -0.05) is 71.4 Å². The minimum atomic E-state index is -0.742. The van der Waals surface area contributed by atoms with Crippen molar-refractivity contribution in [2.45, 2.75) is 115 Å². The molecule has 7 nitrogen and oxygen atoms in total. The molecule has 8 heteroatoms. The highest BCUT2D eigenvalue weighted by molar-refractivity contribution is 8.02. The number of carbonyl (C=O) groups is 3. The summed E-state index contributed by atoms with van der Waals surface area (Å²) in [6, 6.07) is 8.54. The van der Waals surface area contributed by atoms with E-state index in [1.54, 1.807) is 16.7 Å². The number of hydrogen-bond acceptors (Lipinski definition) is 5. The zero-order valence-electron chi connectivity index (χ0n) is 25.5. The monoisotopic (exact) mass is 571 g/mol. The highest BCUT2D eigenvalue weighted by Gasteiger charge is 2.77. The van der Waals surface area contributed by atoms with Gasteiger partial charge in [0.2, 0.25) is 17.7 Å². The Morgan fingerprint density at radius 3 is 2.35 bits per heavy atom. The Morgan fingerprint density at radius 2 is 1.77 bits per heavy atom. The van der Waals surface area contributed by atoms with Crippen molar-refractivity contribution in [2.24, 2.45) is 23.2 Å². The number of hydrogen-bond donors (Lipinski definition) is 3. The average molecular weight is 572 g/mol. The minimum absolute atomic E-state index is 0.00309. The highest BCUT2D eigenvalue weighted by Crippen LogP contribution is 2.71. The van der Waals surface area contributed by atoms with E-state index in [-0.39, 0.29) is 35.7 Å². The van der Waals surface area contributed by atoms with Crippen molar-refractivity contribution in [1.29, 1.82) is 0 Å². The molecule has 40 heavy (non-hydrogen) atoms. The first-order valence-electron chi connectivity index (χ1n) is 14.9. The van der Waals surface area contributed by atoms with Crippen LogP contribution >= 0.6 is 11.8 Å². The van der Waals surface area contributed by atoms with Crippen LogP contribution in [-0.2, 0) is 20.9 Å². The summed E-state index contributed by atoms with van der Waals surface area (Å²) < 4.78 is -1.14. The third-order valence-electron chi connectivity index (χ3n) is 9.33. The van der Waals surface area contributed by atoms with Crippen molar-refractivity contribution >= 4 is 29.5 Å². The molecule has 1 aromatic rings. The maximum atomic E-state index is 14.5. The van der Waals surface area contributed by atoms with Gasteiger partial charge in [0.1, 0.15) is 6.04 Å². The van der Waals surface area contributed by atoms with E-state index in [1.807, 2.05) is 58.0 Å². The molecule has 1 spiro atoms. The number of thioether (sulfide) groups is 1. The number of amides is 3. The van der Waals surface area contributed by atoms with Gasteiger partial charge in [0.15, 0.2) is 0 Å². The number of likely N-dealkylation sites (tertiary alicyclic amines) is 1. The van der Waals surface area contributed by atoms with Gasteiger partial charge in [-0.2, -0.15) is 0 Å². The molecule has 0 saturated carbocycles. The molecular weight excluding hydrogens is 522 g/mol. The summed E-state index contributed by atoms with van der Waals surface area (Å²) >= 11 is 1.67. The number of fused-ring (bicyclic) bond motifs is 1. The third-order valence-corrected chi connectivity index (χ3v) is 11.3. The quantitative estimate of drug-likeness (QED) is 0.384. The van der Waals surface area contributed by atoms with E-state index in [0.29, 0.717) is 13.0 Å². The lowest BCUT2D eigenvalue weighted by molar-refractivity contribution is -0.144. The van der Waals surface area contributed by atoms with Crippen molar-refractivity contribution in [3.63, 3.8) is 0 Å². The predicted octanol–water partition coefficient (Wildman–Crippen LogP) is 4.52. The molecule has 3 fully saturated rings. The number of aliphatic hydroxyl groups is 1. The molecule has 2 bridgehead atoms. The maximum absolute atomic E-state index is 14.5. The third kappa shape index (κ3) is 5.55. The van der Waals surface area contributed by atoms with E-state index in [0.717, 1.165) is 24.8 Å². The zero-order chi connectivity index (χ0) is 29.7. The summed E-state index contributed by atoms with van der Waals surface area (Å²) in [7, 11) is 0. The lowest BCUT2D eigenvalue weighted by Crippen LogP contribution is -2.61. The summed E-state index contributed by atoms with van der Waals surface area (Å²) in [5.41, 5.74) is 0.520. The fraction of sp³-hybridized carbons (Fsp3) is 0.719. The first kappa shape index (κ1) is 30.9. The van der Waals surface area contributed by atoms with Crippen LogP contribution in [0.15, 0.2) is 30.3 Å². The topological polar surface area (TPSA) is 98.7 Å². The molecule has 0 aliphatic carbocycles. The molecule has 2 unspecified atom stereocenters. The number of rotatable bonds is 10. The molecule has 3 heterocycles. The van der Waals surface area contributed by atoms with Crippen molar-refractivity contribution in [3.8, 4) is 0 Å². The van der Waals surface area contributed by atoms with Gasteiger partial charge >= 0.3 is 0 Å². The molecule has 222 valence electrons. The minimum Gasteiger partial charge on any atom is -0.394 e. The summed E-state index contributed by atoms with van der Waals surface area (Å²) in [5, 5.41) is 17.0. The Labute approximate surface area is 244 Å². The number of carbonyl (C=O) groups excluding carboxylic acids is 3. The predicted molar refractivity (Wildman–Crippen MR) is 160 cm³/mol. The van der Waals surface area contributed by atoms with Crippen molar-refractivity contribution in [1.82, 2.24) is 15.5 Å². The highest BCUT2D eigenvalue weighted by atomic mass is 32.2. The van der Waals surface area contributed by atoms with Crippen LogP contribution in [0.2, 0.25) is 0 Å². The van der Waals surface area contributed by atoms with E-state index < -0.39 is 39.0 Å². The Hall–Kier alpha value is -2.06. The zero-order valence-corrected chi connectivity index (χ0v) is 26.4. The van der Waals surface area contributed by atoms with Gasteiger partial charge in [-0.15, -0.1) is 11.8 Å². The average Bonchev–Trinajstić information content (AvgIpc) is 3.42. The van der Waals surface area contributed by atoms with Crippen molar-refractivity contribution < 1.29 is 19.5 Å². The van der Waals surface area contributed by atoms with Crippen LogP contribution in [0.1, 0.15) is 86.6 Å². The Kier molecular flexibility index (Phi) is 8.47. The largest absolute Gasteiger partial charge is 0.394 e. The summed E-state index contributed by atoms with van der Waals surface area (Å²) in [6.45, 7) is 16.8. The second-order valence-electron chi connectivity index (χ2n) is 14.4. The van der Waals surface area contributed by atoms with Gasteiger partial charge in [0, 0.05) is 16.8 Å². The molecule has 3 amide bonds. The fourth-order valence-electron chi connectivity index (χ4n) is 7.90. The van der Waals surface area contributed by atoms with Gasteiger partial charge in [0.05, 0.1) is 29.2 Å². The SMILES string of the molecule is CC[C@H](C)[C@H](CO)N1C(=O)[C@@H]2[C@H](C(=O)NCc3ccccc3)[C@]3(C)CCC2(S3)C1C(=O)NC(C)(C)CC(C)(C)C. The molecule has 0 radical (unpaired) electrons. The van der Waals surface area contributed by atoms with Crippen LogP contribution < -0.4 is 10.6 Å². The van der Waals surface area contributed by atoms with Gasteiger partial charge in [-0.05, 0) is 56.9 Å². The molecule has 7 atom stereocenters. The lowest BCUT2D eigenvalue weighted by atomic mass is 9.66. The summed E-state index contributed by atoms with van der Waals surface area (Å²) in [4.78, 5) is 44.4. The first-order chi connectivity index (χ1) is 18.6. The number of benzene rings is 1. The lowest BCUT2D eigenvalue weighted by Gasteiger charge is -2.41. The maximum Gasteiger partial charge on any atom is 0.244 e. The second kappa shape index (κ2) is 11.0. The first-order valence-corrected chi connectivity index (χ1v) is 15.7. The Balaban J connectivity index is 1.71. The van der Waals surface area contributed by atoms with Crippen molar-refractivity contribution in [3.05, 3.63) is 35.9 Å². The van der Waals surface area contributed by atoms with E-state index >= 15 is 0 Å². The molecular formula is C32H49N3O4S. The van der Waals surface area contributed by atoms with Gasteiger partial charge in [-0.3, -0.25) is 14.4 Å². The van der Waals surface area contributed by atoms with E-state index in [2.05, 4.69) is 38.3 Å². The van der Waals surface area contributed by atoms with E-state index in [1.165, 1.54) is 0 Å². The number of aliphatic hydroxyl groups excluding tert-OH is 1. The van der Waals surface area contributed by atoms with Crippen LogP contribution in [0, 0.1) is 23.2 Å². The molecule has 3 aliphatic heterocycles. The molecule has 4 rings (SSSR count). The fourth-order valence-corrected chi connectivity index (χ4v) is 10.2. The standard InChI is InChI=1S/C32H49N3O4S/c1-9-20(2)22(18-36)35-25(27(38)34-30(6,7)19-29(3,4)5)32-16-15-31(8,40-32)23(24(32)28(35)39)26(37)33-17-21-13-11-10-12-14-21/h10-14,20,22-25,36H,9,15-19H2,1-8H3,(H,33,37)(H,34,38)/t20-,22-,23+,24-,25?,31-,32?/m0/s1. The molecule has 3 saturated heterocycles. The van der Waals surface area contributed by atoms with Crippen molar-refractivity contribution in [2.75, 3.05) is 6.61 Å². The Morgan fingerprint density at radius 1 is 1.12 bits per heavy atom. The van der Waals surface area contributed by atoms with Crippen LogP contribution in [0.25, 0.3) is 0 Å². The molecule has 1 aromatic carbocycles. The van der Waals surface area contributed by atoms with Gasteiger partial charge in [-0.25, -0.2) is 0 Å². The smallest absolute Gasteiger partial charge is 0.244 e. The van der Waals surface area contributed by atoms with E-state index in [9.17, 15) is 19.5 Å². The molecule has 3 aliphatic rings. The van der Waals surface area contributed by atoms with Crippen LogP contribution in [0.4, 0.5) is 0 Å². The van der Waals surface area contributed by atoms with Gasteiger partial charge < -0.3 is 20.6 Å². The normalized spacial score (nSPS) is 31.2. The number of nitrogens with zero attached hydrogens (tertiary/aromatic N) is 1. The van der Waals surface area contributed by atoms with Crippen LogP contribution in [0.3, 0.4) is 0 Å². The van der Waals surface area contributed by atoms with Crippen LogP contribution in [0.5, 0.6) is 0 Å². The van der Waals surface area contributed by atoms with E-state index in [4.69, 9.17) is 0 Å². The summed E-state index contributed by atoms with van der Waals surface area (Å²) in [6.07, 6.45) is 3.00. The number of nitrogens with one attached hydrogen (secondary N) is 2. The second-order valence-corrected chi connectivity index (χ2v) is 16.3. The molecule has 0 aromatic heterocycles. The van der Waals surface area contributed by atoms with Crippen LogP contribution in [-0.4, -0.2) is 61.5 Å². The Bertz CT molecular complexity index is 1120. The summed E-state index contributed by atoms with van der Waals surface area (Å²) in [5.74, 6) is -1.60.